The number of ether oxygens (including phenoxy) is 1. The van der Waals surface area contributed by atoms with Crippen LogP contribution in [0.2, 0.25) is 0 Å². The highest BCUT2D eigenvalue weighted by atomic mass is 16.5. The Morgan fingerprint density at radius 3 is 2.60 bits per heavy atom. The van der Waals surface area contributed by atoms with E-state index in [1.54, 1.807) is 0 Å². The van der Waals surface area contributed by atoms with E-state index in [1.807, 2.05) is 0 Å². The maximum absolute atomic E-state index is 11.3. The minimum Gasteiger partial charge on any atom is -0.494 e. The maximum atomic E-state index is 11.3. The van der Waals surface area contributed by atoms with Crippen LogP contribution in [0.3, 0.4) is 0 Å². The Labute approximate surface area is 117 Å². The summed E-state index contributed by atoms with van der Waals surface area (Å²) < 4.78 is 6.61. The molecule has 0 radical (unpaired) electrons. The third-order valence-corrected chi connectivity index (χ3v) is 3.79. The Kier molecular flexibility index (Phi) is 4.22. The summed E-state index contributed by atoms with van der Waals surface area (Å²) in [6.45, 7) is 0. The van der Waals surface area contributed by atoms with Crippen molar-refractivity contribution in [2.45, 2.75) is 32.1 Å². The summed E-state index contributed by atoms with van der Waals surface area (Å²) >= 11 is 0. The molecule has 0 aliphatic heterocycles. The van der Waals surface area contributed by atoms with Gasteiger partial charge in [-0.2, -0.15) is 0 Å². The van der Waals surface area contributed by atoms with Gasteiger partial charge in [-0.15, -0.1) is 0 Å². The highest BCUT2D eigenvalue weighted by Crippen LogP contribution is 2.25. The smallest absolute Gasteiger partial charge is 0.252 e. The van der Waals surface area contributed by atoms with E-state index >= 15 is 0 Å². The van der Waals surface area contributed by atoms with Crippen molar-refractivity contribution in [2.24, 2.45) is 11.7 Å². The number of hydrogen-bond acceptors (Lipinski definition) is 4. The van der Waals surface area contributed by atoms with Crippen LogP contribution in [0.4, 0.5) is 0 Å². The quantitative estimate of drug-likeness (QED) is 0.574. The number of nitrogens with two attached hydrogens (primary N) is 1. The summed E-state index contributed by atoms with van der Waals surface area (Å²) in [6, 6.07) is 1.36. The predicted octanol–water partition coefficient (Wildman–Crippen LogP) is 1.48. The standard InChI is InChI=1S/C14H20N4O2/c1-20-11-8-18(12(15)7-10(11)14(17)19)13(16)9-5-3-2-4-6-9/h7-9,15-16H,2-6H2,1H3,(H2,17,19). The average Bonchev–Trinajstić information content (AvgIpc) is 2.47. The third kappa shape index (κ3) is 2.74. The summed E-state index contributed by atoms with van der Waals surface area (Å²) in [7, 11) is 1.44. The van der Waals surface area contributed by atoms with Crippen molar-refractivity contribution in [2.75, 3.05) is 7.11 Å². The number of hydrogen-bond donors (Lipinski definition) is 3. The van der Waals surface area contributed by atoms with Crippen LogP contribution in [0.15, 0.2) is 12.3 Å². The van der Waals surface area contributed by atoms with Gasteiger partial charge in [-0.25, -0.2) is 0 Å². The van der Waals surface area contributed by atoms with E-state index in [1.165, 1.54) is 30.4 Å². The molecule has 0 aromatic carbocycles. The fraction of sp³-hybridized carbons (Fsp3) is 0.500. The van der Waals surface area contributed by atoms with Gasteiger partial charge < -0.3 is 10.5 Å². The SMILES string of the molecule is COc1cn(C(=N)C2CCCCC2)c(=N)cc1C(N)=O. The van der Waals surface area contributed by atoms with Crippen molar-refractivity contribution in [3.8, 4) is 5.75 Å². The van der Waals surface area contributed by atoms with Crippen LogP contribution < -0.4 is 16.0 Å². The number of primary amides is 1. The van der Waals surface area contributed by atoms with E-state index < -0.39 is 5.91 Å². The van der Waals surface area contributed by atoms with E-state index in [9.17, 15) is 4.79 Å². The minimum atomic E-state index is -0.633. The second-order valence-electron chi connectivity index (χ2n) is 5.10. The Bertz CT molecular complexity index is 585. The molecule has 20 heavy (non-hydrogen) atoms. The summed E-state index contributed by atoms with van der Waals surface area (Å²) in [5, 5.41) is 16.3. The van der Waals surface area contributed by atoms with Gasteiger partial charge in [0.2, 0.25) is 0 Å². The molecular weight excluding hydrogens is 256 g/mol. The summed E-state index contributed by atoms with van der Waals surface area (Å²) in [5.41, 5.74) is 5.51. The number of carbonyl (C=O) groups excluding carboxylic acids is 1. The van der Waals surface area contributed by atoms with Crippen molar-refractivity contribution in [1.29, 1.82) is 10.8 Å². The molecular formula is C14H20N4O2. The number of pyridine rings is 1. The van der Waals surface area contributed by atoms with E-state index in [4.69, 9.17) is 21.3 Å². The number of aromatic nitrogens is 1. The van der Waals surface area contributed by atoms with Gasteiger partial charge >= 0.3 is 0 Å². The van der Waals surface area contributed by atoms with E-state index in [0.717, 1.165) is 25.7 Å². The third-order valence-electron chi connectivity index (χ3n) is 3.79. The predicted molar refractivity (Wildman–Crippen MR) is 75.1 cm³/mol. The molecule has 0 saturated heterocycles. The lowest BCUT2D eigenvalue weighted by Gasteiger charge is -2.24. The molecule has 1 fully saturated rings. The van der Waals surface area contributed by atoms with E-state index in [0.29, 0.717) is 11.6 Å². The largest absolute Gasteiger partial charge is 0.494 e. The first-order chi connectivity index (χ1) is 9.54. The second-order valence-corrected chi connectivity index (χ2v) is 5.10. The molecule has 1 aliphatic carbocycles. The number of nitrogens with one attached hydrogen (secondary N) is 2. The topological polar surface area (TPSA) is 105 Å². The summed E-state index contributed by atoms with van der Waals surface area (Å²) in [6.07, 6.45) is 6.93. The van der Waals surface area contributed by atoms with Gasteiger partial charge in [-0.05, 0) is 18.9 Å². The van der Waals surface area contributed by atoms with Crippen molar-refractivity contribution >= 4 is 11.7 Å². The Morgan fingerprint density at radius 2 is 2.05 bits per heavy atom. The van der Waals surface area contributed by atoms with E-state index in [-0.39, 0.29) is 17.0 Å². The van der Waals surface area contributed by atoms with Gasteiger partial charge in [-0.1, -0.05) is 19.3 Å². The van der Waals surface area contributed by atoms with Crippen molar-refractivity contribution in [3.63, 3.8) is 0 Å². The Balaban J connectivity index is 2.39. The number of nitrogens with zero attached hydrogens (tertiary/aromatic N) is 1. The molecule has 1 aromatic rings. The van der Waals surface area contributed by atoms with Crippen LogP contribution in [0.25, 0.3) is 0 Å². The fourth-order valence-electron chi connectivity index (χ4n) is 2.66. The van der Waals surface area contributed by atoms with Gasteiger partial charge in [0.05, 0.1) is 18.9 Å². The molecule has 6 nitrogen and oxygen atoms in total. The number of carbonyl (C=O) groups is 1. The number of amides is 1. The lowest BCUT2D eigenvalue weighted by molar-refractivity contribution is 0.0997. The molecule has 108 valence electrons. The van der Waals surface area contributed by atoms with Crippen molar-refractivity contribution in [3.05, 3.63) is 23.3 Å². The van der Waals surface area contributed by atoms with Crippen LogP contribution in [0, 0.1) is 16.7 Å². The van der Waals surface area contributed by atoms with Crippen LogP contribution in [-0.4, -0.2) is 23.4 Å². The number of rotatable bonds is 3. The monoisotopic (exact) mass is 276 g/mol. The van der Waals surface area contributed by atoms with Crippen molar-refractivity contribution in [1.82, 2.24) is 4.57 Å². The summed E-state index contributed by atoms with van der Waals surface area (Å²) in [4.78, 5) is 11.3. The second kappa shape index (κ2) is 5.90. The Hall–Kier alpha value is -2.11. The van der Waals surface area contributed by atoms with Gasteiger partial charge in [0.25, 0.3) is 5.91 Å². The van der Waals surface area contributed by atoms with Crippen LogP contribution in [-0.2, 0) is 0 Å². The lowest BCUT2D eigenvalue weighted by atomic mass is 9.88. The van der Waals surface area contributed by atoms with Gasteiger partial charge in [0.1, 0.15) is 17.1 Å². The molecule has 0 spiro atoms. The maximum Gasteiger partial charge on any atom is 0.252 e. The molecule has 0 unspecified atom stereocenters. The molecule has 1 heterocycles. The average molecular weight is 276 g/mol. The Morgan fingerprint density at radius 1 is 1.40 bits per heavy atom. The number of methoxy groups -OCH3 is 1. The highest BCUT2D eigenvalue weighted by Gasteiger charge is 2.21. The zero-order valence-corrected chi connectivity index (χ0v) is 11.6. The van der Waals surface area contributed by atoms with Crippen LogP contribution >= 0.6 is 0 Å². The first-order valence-electron chi connectivity index (χ1n) is 6.78. The van der Waals surface area contributed by atoms with Crippen LogP contribution in [0.1, 0.15) is 42.5 Å². The first-order valence-corrected chi connectivity index (χ1v) is 6.78. The van der Waals surface area contributed by atoms with E-state index in [2.05, 4.69) is 0 Å². The van der Waals surface area contributed by atoms with Crippen molar-refractivity contribution < 1.29 is 9.53 Å². The van der Waals surface area contributed by atoms with Crippen LogP contribution in [0.5, 0.6) is 5.75 Å². The molecule has 4 N–H and O–H groups in total. The summed E-state index contributed by atoms with van der Waals surface area (Å²) in [5.74, 6) is 0.228. The normalized spacial score (nSPS) is 15.8. The molecule has 0 atom stereocenters. The lowest BCUT2D eigenvalue weighted by Crippen LogP contribution is -2.33. The molecule has 1 amide bonds. The molecule has 1 saturated carbocycles. The van der Waals surface area contributed by atoms with Gasteiger partial charge in [0, 0.05) is 5.92 Å². The first kappa shape index (κ1) is 14.3. The molecule has 6 heteroatoms. The zero-order valence-electron chi connectivity index (χ0n) is 11.6. The molecule has 1 aromatic heterocycles. The zero-order chi connectivity index (χ0) is 14.7. The molecule has 0 bridgehead atoms. The fourth-order valence-corrected chi connectivity index (χ4v) is 2.66. The highest BCUT2D eigenvalue weighted by molar-refractivity contribution is 5.96. The minimum absolute atomic E-state index is 0.0789. The molecule has 2 rings (SSSR count). The molecule has 1 aliphatic rings. The van der Waals surface area contributed by atoms with Gasteiger partial charge in [-0.3, -0.25) is 20.2 Å². The van der Waals surface area contributed by atoms with Gasteiger partial charge in [0.15, 0.2) is 0 Å².